The molecule has 6 heteroatoms. The van der Waals surface area contributed by atoms with Crippen molar-refractivity contribution in [2.24, 2.45) is 0 Å². The molecule has 0 aromatic heterocycles. The lowest BCUT2D eigenvalue weighted by molar-refractivity contribution is 0.0698. The van der Waals surface area contributed by atoms with Crippen molar-refractivity contribution in [1.29, 1.82) is 0 Å². The van der Waals surface area contributed by atoms with Crippen LogP contribution in [0.1, 0.15) is 10.4 Å². The van der Waals surface area contributed by atoms with E-state index in [2.05, 4.69) is 10.7 Å². The summed E-state index contributed by atoms with van der Waals surface area (Å²) in [5, 5.41) is 14.9. The SMILES string of the molecule is CN(C)NC(=O)Nc1cc2ccccc2cc1C(=O)O. The Balaban J connectivity index is 2.42. The van der Waals surface area contributed by atoms with E-state index >= 15 is 0 Å². The van der Waals surface area contributed by atoms with E-state index < -0.39 is 12.0 Å². The second-order valence-electron chi connectivity index (χ2n) is 4.51. The van der Waals surface area contributed by atoms with Crippen molar-refractivity contribution in [3.05, 3.63) is 42.0 Å². The summed E-state index contributed by atoms with van der Waals surface area (Å²) < 4.78 is 0. The highest BCUT2D eigenvalue weighted by Crippen LogP contribution is 2.24. The molecule has 0 saturated carbocycles. The molecule has 0 fully saturated rings. The van der Waals surface area contributed by atoms with Gasteiger partial charge in [0, 0.05) is 14.1 Å². The summed E-state index contributed by atoms with van der Waals surface area (Å²) in [5.74, 6) is -1.09. The van der Waals surface area contributed by atoms with E-state index in [1.807, 2.05) is 24.3 Å². The first kappa shape index (κ1) is 13.8. The normalized spacial score (nSPS) is 10.6. The van der Waals surface area contributed by atoms with Crippen LogP contribution in [0.15, 0.2) is 36.4 Å². The average Bonchev–Trinajstić information content (AvgIpc) is 2.36. The lowest BCUT2D eigenvalue weighted by atomic mass is 10.0. The third-order valence-corrected chi connectivity index (χ3v) is 2.69. The Morgan fingerprint density at radius 3 is 2.25 bits per heavy atom. The van der Waals surface area contributed by atoms with Crippen molar-refractivity contribution in [3.8, 4) is 0 Å². The first-order valence-electron chi connectivity index (χ1n) is 5.98. The Hall–Kier alpha value is -2.60. The molecule has 0 aliphatic heterocycles. The Kier molecular flexibility index (Phi) is 3.86. The Labute approximate surface area is 116 Å². The molecule has 2 rings (SSSR count). The minimum Gasteiger partial charge on any atom is -0.478 e. The van der Waals surface area contributed by atoms with Gasteiger partial charge in [0.1, 0.15) is 0 Å². The van der Waals surface area contributed by atoms with Crippen LogP contribution in [0.4, 0.5) is 10.5 Å². The average molecular weight is 273 g/mol. The predicted octanol–water partition coefficient (Wildman–Crippen LogP) is 2.14. The molecular weight excluding hydrogens is 258 g/mol. The van der Waals surface area contributed by atoms with Gasteiger partial charge in [0.05, 0.1) is 11.3 Å². The van der Waals surface area contributed by atoms with Crippen molar-refractivity contribution in [1.82, 2.24) is 10.4 Å². The quantitative estimate of drug-likeness (QED) is 0.748. The second kappa shape index (κ2) is 5.58. The zero-order chi connectivity index (χ0) is 14.7. The van der Waals surface area contributed by atoms with Crippen LogP contribution in [0, 0.1) is 0 Å². The molecule has 0 aliphatic carbocycles. The number of carbonyl (C=O) groups is 2. The first-order valence-corrected chi connectivity index (χ1v) is 5.98. The van der Waals surface area contributed by atoms with Crippen LogP contribution in [0.3, 0.4) is 0 Å². The highest BCUT2D eigenvalue weighted by molar-refractivity contribution is 6.04. The van der Waals surface area contributed by atoms with E-state index in [0.717, 1.165) is 10.8 Å². The van der Waals surface area contributed by atoms with Crippen LogP contribution >= 0.6 is 0 Å². The molecule has 0 bridgehead atoms. The van der Waals surface area contributed by atoms with Gasteiger partial charge in [-0.05, 0) is 22.9 Å². The summed E-state index contributed by atoms with van der Waals surface area (Å²) in [7, 11) is 3.33. The Morgan fingerprint density at radius 2 is 1.70 bits per heavy atom. The monoisotopic (exact) mass is 273 g/mol. The maximum Gasteiger partial charge on any atom is 0.337 e. The van der Waals surface area contributed by atoms with E-state index in [1.54, 1.807) is 26.2 Å². The van der Waals surface area contributed by atoms with Gasteiger partial charge < -0.3 is 10.4 Å². The fourth-order valence-corrected chi connectivity index (χ4v) is 1.87. The van der Waals surface area contributed by atoms with Crippen molar-refractivity contribution < 1.29 is 14.7 Å². The number of rotatable bonds is 3. The van der Waals surface area contributed by atoms with E-state index in [1.165, 1.54) is 5.01 Å². The van der Waals surface area contributed by atoms with Gasteiger partial charge in [-0.3, -0.25) is 5.43 Å². The summed E-state index contributed by atoms with van der Waals surface area (Å²) in [6, 6.07) is 10.1. The summed E-state index contributed by atoms with van der Waals surface area (Å²) in [6.45, 7) is 0. The number of hydrazine groups is 1. The van der Waals surface area contributed by atoms with Crippen molar-refractivity contribution in [2.45, 2.75) is 0 Å². The fourth-order valence-electron chi connectivity index (χ4n) is 1.87. The van der Waals surface area contributed by atoms with Gasteiger partial charge in [0.15, 0.2) is 0 Å². The van der Waals surface area contributed by atoms with Gasteiger partial charge in [-0.25, -0.2) is 14.6 Å². The van der Waals surface area contributed by atoms with Gasteiger partial charge in [-0.1, -0.05) is 24.3 Å². The summed E-state index contributed by atoms with van der Waals surface area (Å²) in [4.78, 5) is 23.0. The van der Waals surface area contributed by atoms with Crippen molar-refractivity contribution in [3.63, 3.8) is 0 Å². The van der Waals surface area contributed by atoms with Gasteiger partial charge in [-0.15, -0.1) is 0 Å². The van der Waals surface area contributed by atoms with Crippen LogP contribution in [0.25, 0.3) is 10.8 Å². The van der Waals surface area contributed by atoms with Crippen LogP contribution < -0.4 is 10.7 Å². The largest absolute Gasteiger partial charge is 0.478 e. The third kappa shape index (κ3) is 3.04. The van der Waals surface area contributed by atoms with Crippen LogP contribution in [-0.4, -0.2) is 36.2 Å². The van der Waals surface area contributed by atoms with E-state index in [4.69, 9.17) is 0 Å². The highest BCUT2D eigenvalue weighted by Gasteiger charge is 2.14. The lowest BCUT2D eigenvalue weighted by Gasteiger charge is -2.14. The molecule has 0 spiro atoms. The number of fused-ring (bicyclic) bond motifs is 1. The maximum atomic E-state index is 11.7. The van der Waals surface area contributed by atoms with Crippen LogP contribution in [0.5, 0.6) is 0 Å². The van der Waals surface area contributed by atoms with Crippen molar-refractivity contribution in [2.75, 3.05) is 19.4 Å². The summed E-state index contributed by atoms with van der Waals surface area (Å²) in [5.41, 5.74) is 2.81. The number of carboxylic acids is 1. The van der Waals surface area contributed by atoms with Crippen LogP contribution in [-0.2, 0) is 0 Å². The van der Waals surface area contributed by atoms with Gasteiger partial charge >= 0.3 is 12.0 Å². The van der Waals surface area contributed by atoms with E-state index in [-0.39, 0.29) is 11.3 Å². The number of carboxylic acid groups (broad SMARTS) is 1. The standard InChI is InChI=1S/C14H15N3O3/c1-17(2)16-14(20)15-12-8-10-6-4-3-5-9(10)7-11(12)13(18)19/h3-8H,1-2H3,(H,18,19)(H2,15,16,20). The molecular formula is C14H15N3O3. The number of hydrogen-bond acceptors (Lipinski definition) is 3. The molecule has 0 unspecified atom stereocenters. The number of anilines is 1. The second-order valence-corrected chi connectivity index (χ2v) is 4.51. The molecule has 3 N–H and O–H groups in total. The Bertz CT molecular complexity index is 668. The highest BCUT2D eigenvalue weighted by atomic mass is 16.4. The fraction of sp³-hybridized carbons (Fsp3) is 0.143. The molecule has 2 aromatic carbocycles. The third-order valence-electron chi connectivity index (χ3n) is 2.69. The number of amides is 2. The molecule has 0 radical (unpaired) electrons. The molecule has 2 amide bonds. The van der Waals surface area contributed by atoms with Crippen molar-refractivity contribution >= 4 is 28.5 Å². The van der Waals surface area contributed by atoms with Gasteiger partial charge in [-0.2, -0.15) is 0 Å². The Morgan fingerprint density at radius 1 is 1.10 bits per heavy atom. The minimum absolute atomic E-state index is 0.0533. The van der Waals surface area contributed by atoms with Crippen LogP contribution in [0.2, 0.25) is 0 Å². The number of benzene rings is 2. The predicted molar refractivity (Wildman–Crippen MR) is 76.7 cm³/mol. The topological polar surface area (TPSA) is 81.7 Å². The molecule has 0 aliphatic rings. The maximum absolute atomic E-state index is 11.7. The zero-order valence-corrected chi connectivity index (χ0v) is 11.2. The molecule has 0 saturated heterocycles. The molecule has 104 valence electrons. The molecule has 2 aromatic rings. The van der Waals surface area contributed by atoms with E-state index in [9.17, 15) is 14.7 Å². The molecule has 6 nitrogen and oxygen atoms in total. The number of urea groups is 1. The number of hydrogen-bond donors (Lipinski definition) is 3. The lowest BCUT2D eigenvalue weighted by Crippen LogP contribution is -2.39. The summed E-state index contributed by atoms with van der Waals surface area (Å²) in [6.07, 6.45) is 0. The number of nitrogens with zero attached hydrogens (tertiary/aromatic N) is 1. The number of aromatic carboxylic acids is 1. The number of nitrogens with one attached hydrogen (secondary N) is 2. The molecule has 0 atom stereocenters. The summed E-state index contributed by atoms with van der Waals surface area (Å²) >= 11 is 0. The van der Waals surface area contributed by atoms with E-state index in [0.29, 0.717) is 0 Å². The zero-order valence-electron chi connectivity index (χ0n) is 11.2. The number of carbonyl (C=O) groups excluding carboxylic acids is 1. The molecule has 0 heterocycles. The minimum atomic E-state index is -1.09. The first-order chi connectivity index (χ1) is 9.47. The van der Waals surface area contributed by atoms with Gasteiger partial charge in [0.2, 0.25) is 0 Å². The molecule has 20 heavy (non-hydrogen) atoms. The van der Waals surface area contributed by atoms with Gasteiger partial charge in [0.25, 0.3) is 0 Å². The smallest absolute Gasteiger partial charge is 0.337 e.